The summed E-state index contributed by atoms with van der Waals surface area (Å²) in [6.07, 6.45) is 2.96. The average molecular weight is 342 g/mol. The molecule has 1 aliphatic rings. The number of hydrogen-bond donors (Lipinski definition) is 4. The summed E-state index contributed by atoms with van der Waals surface area (Å²) in [5.74, 6) is 2.30. The van der Waals surface area contributed by atoms with Gasteiger partial charge in [-0.25, -0.2) is 4.98 Å². The molecule has 0 spiro atoms. The largest absolute Gasteiger partial charge is 0.326 e. The number of benzene rings is 1. The molecule has 1 aliphatic heterocycles. The van der Waals surface area contributed by atoms with Gasteiger partial charge in [0.1, 0.15) is 5.82 Å². The molecule has 1 aromatic heterocycles. The Labute approximate surface area is 147 Å². The maximum Gasteiger partial charge on any atom is 0.224 e. The number of hydrogen-bond acceptors (Lipinski definition) is 5. The molecule has 134 valence electrons. The number of H-pyrrole nitrogens is 1. The lowest BCUT2D eigenvalue weighted by atomic mass is 9.85. The molecule has 25 heavy (non-hydrogen) atoms. The maximum atomic E-state index is 12.3. The number of nitrogens with zero attached hydrogens (tertiary/aromatic N) is 2. The van der Waals surface area contributed by atoms with E-state index in [1.165, 1.54) is 12.8 Å². The highest BCUT2D eigenvalue weighted by Gasteiger charge is 2.22. The molecule has 0 aliphatic carbocycles. The van der Waals surface area contributed by atoms with Crippen molar-refractivity contribution in [3.8, 4) is 11.4 Å². The normalized spacial score (nSPS) is 18.7. The van der Waals surface area contributed by atoms with Gasteiger partial charge in [-0.15, -0.1) is 0 Å². The van der Waals surface area contributed by atoms with Gasteiger partial charge in [-0.05, 0) is 62.0 Å². The van der Waals surface area contributed by atoms with Gasteiger partial charge in [0.25, 0.3) is 0 Å². The van der Waals surface area contributed by atoms with Crippen molar-refractivity contribution in [2.45, 2.75) is 32.7 Å². The number of nitrogens with one attached hydrogen (secondary N) is 3. The van der Waals surface area contributed by atoms with Crippen LogP contribution in [0.15, 0.2) is 24.3 Å². The van der Waals surface area contributed by atoms with Gasteiger partial charge >= 0.3 is 0 Å². The number of amides is 1. The van der Waals surface area contributed by atoms with Crippen LogP contribution < -0.4 is 16.4 Å². The zero-order chi connectivity index (χ0) is 17.6. The second kappa shape index (κ2) is 8.22. The molecule has 1 amide bonds. The zero-order valence-electron chi connectivity index (χ0n) is 14.6. The van der Waals surface area contributed by atoms with Gasteiger partial charge in [0.2, 0.25) is 5.91 Å². The molecular formula is C18H26N6O. The van der Waals surface area contributed by atoms with Crippen molar-refractivity contribution in [3.63, 3.8) is 0 Å². The van der Waals surface area contributed by atoms with Gasteiger partial charge in [0.05, 0.1) is 6.54 Å². The SMILES string of the molecule is CC(CC(=O)Nc1ccc(-c2n[nH]c(CN)n2)cc1)C1CCCNC1. The van der Waals surface area contributed by atoms with E-state index in [2.05, 4.69) is 32.7 Å². The van der Waals surface area contributed by atoms with Crippen molar-refractivity contribution in [1.29, 1.82) is 0 Å². The number of nitrogens with two attached hydrogens (primary N) is 1. The van der Waals surface area contributed by atoms with E-state index in [1.807, 2.05) is 24.3 Å². The van der Waals surface area contributed by atoms with E-state index >= 15 is 0 Å². The molecule has 0 saturated carbocycles. The minimum Gasteiger partial charge on any atom is -0.326 e. The first-order chi connectivity index (χ1) is 12.2. The molecule has 1 aromatic carbocycles. The van der Waals surface area contributed by atoms with Crippen LogP contribution in [0, 0.1) is 11.8 Å². The summed E-state index contributed by atoms with van der Waals surface area (Å²) in [6, 6.07) is 7.54. The summed E-state index contributed by atoms with van der Waals surface area (Å²) in [6.45, 7) is 4.61. The Morgan fingerprint density at radius 2 is 2.20 bits per heavy atom. The van der Waals surface area contributed by atoms with E-state index in [9.17, 15) is 4.79 Å². The van der Waals surface area contributed by atoms with Gasteiger partial charge in [-0.2, -0.15) is 5.10 Å². The van der Waals surface area contributed by atoms with Crippen LogP contribution in [0.4, 0.5) is 5.69 Å². The van der Waals surface area contributed by atoms with E-state index in [0.29, 0.717) is 36.5 Å². The van der Waals surface area contributed by atoms with Crippen LogP contribution in [0.25, 0.3) is 11.4 Å². The van der Waals surface area contributed by atoms with Crippen LogP contribution >= 0.6 is 0 Å². The molecule has 5 N–H and O–H groups in total. The quantitative estimate of drug-likeness (QED) is 0.641. The number of carbonyl (C=O) groups is 1. The Morgan fingerprint density at radius 1 is 1.40 bits per heavy atom. The van der Waals surface area contributed by atoms with Crippen LogP contribution in [-0.2, 0) is 11.3 Å². The van der Waals surface area contributed by atoms with Gasteiger partial charge in [-0.3, -0.25) is 9.89 Å². The predicted octanol–water partition coefficient (Wildman–Crippen LogP) is 1.89. The van der Waals surface area contributed by atoms with E-state index in [1.54, 1.807) is 0 Å². The predicted molar refractivity (Wildman–Crippen MR) is 97.7 cm³/mol. The lowest BCUT2D eigenvalue weighted by molar-refractivity contribution is -0.117. The Morgan fingerprint density at radius 3 is 2.84 bits per heavy atom. The zero-order valence-corrected chi connectivity index (χ0v) is 14.6. The number of aromatic amines is 1. The van der Waals surface area contributed by atoms with Crippen molar-refractivity contribution in [1.82, 2.24) is 20.5 Å². The number of anilines is 1. The molecule has 2 aromatic rings. The van der Waals surface area contributed by atoms with Crippen LogP contribution in [0.3, 0.4) is 0 Å². The van der Waals surface area contributed by atoms with Crippen LogP contribution in [0.5, 0.6) is 0 Å². The first kappa shape index (κ1) is 17.6. The summed E-state index contributed by atoms with van der Waals surface area (Å²) >= 11 is 0. The smallest absolute Gasteiger partial charge is 0.224 e. The summed E-state index contributed by atoms with van der Waals surface area (Å²) in [5.41, 5.74) is 7.20. The Balaban J connectivity index is 1.54. The molecule has 7 heteroatoms. The molecule has 2 heterocycles. The lowest BCUT2D eigenvalue weighted by Gasteiger charge is -2.28. The molecule has 3 rings (SSSR count). The van der Waals surface area contributed by atoms with Gasteiger partial charge in [-0.1, -0.05) is 6.92 Å². The molecule has 1 fully saturated rings. The fourth-order valence-corrected chi connectivity index (χ4v) is 3.25. The second-order valence-corrected chi connectivity index (χ2v) is 6.72. The third kappa shape index (κ3) is 4.64. The summed E-state index contributed by atoms with van der Waals surface area (Å²) in [5, 5.41) is 13.3. The van der Waals surface area contributed by atoms with Crippen molar-refractivity contribution >= 4 is 11.6 Å². The van der Waals surface area contributed by atoms with Crippen LogP contribution in [0.2, 0.25) is 0 Å². The Kier molecular flexibility index (Phi) is 5.78. The van der Waals surface area contributed by atoms with Crippen LogP contribution in [-0.4, -0.2) is 34.2 Å². The topological polar surface area (TPSA) is 109 Å². The van der Waals surface area contributed by atoms with Gasteiger partial charge in [0.15, 0.2) is 5.82 Å². The molecule has 1 saturated heterocycles. The highest BCUT2D eigenvalue weighted by atomic mass is 16.1. The molecule has 0 bridgehead atoms. The molecule has 2 unspecified atom stereocenters. The van der Waals surface area contributed by atoms with E-state index in [4.69, 9.17) is 5.73 Å². The monoisotopic (exact) mass is 342 g/mol. The van der Waals surface area contributed by atoms with Gasteiger partial charge in [0, 0.05) is 17.7 Å². The van der Waals surface area contributed by atoms with Crippen molar-refractivity contribution in [2.75, 3.05) is 18.4 Å². The van der Waals surface area contributed by atoms with E-state index < -0.39 is 0 Å². The third-order valence-electron chi connectivity index (χ3n) is 4.80. The summed E-state index contributed by atoms with van der Waals surface area (Å²) in [4.78, 5) is 16.6. The first-order valence-corrected chi connectivity index (χ1v) is 8.88. The van der Waals surface area contributed by atoms with Crippen molar-refractivity contribution in [3.05, 3.63) is 30.1 Å². The number of carbonyl (C=O) groups excluding carboxylic acids is 1. The highest BCUT2D eigenvalue weighted by molar-refractivity contribution is 5.91. The maximum absolute atomic E-state index is 12.3. The van der Waals surface area contributed by atoms with Crippen molar-refractivity contribution < 1.29 is 4.79 Å². The fourth-order valence-electron chi connectivity index (χ4n) is 3.25. The molecule has 2 atom stereocenters. The average Bonchev–Trinajstić information content (AvgIpc) is 3.12. The second-order valence-electron chi connectivity index (χ2n) is 6.72. The number of aromatic nitrogens is 3. The van der Waals surface area contributed by atoms with Crippen LogP contribution in [0.1, 0.15) is 32.0 Å². The minimum absolute atomic E-state index is 0.0640. The summed E-state index contributed by atoms with van der Waals surface area (Å²) < 4.78 is 0. The molecule has 0 radical (unpaired) electrons. The standard InChI is InChI=1S/C18H26N6O/c1-12(14-3-2-8-20-11-14)9-17(25)21-15-6-4-13(5-7-15)18-22-16(10-19)23-24-18/h4-7,12,14,20H,2-3,8-11,19H2,1H3,(H,21,25)(H,22,23,24). The highest BCUT2D eigenvalue weighted by Crippen LogP contribution is 2.23. The molecule has 7 nitrogen and oxygen atoms in total. The summed E-state index contributed by atoms with van der Waals surface area (Å²) in [7, 11) is 0. The lowest BCUT2D eigenvalue weighted by Crippen LogP contribution is -2.34. The van der Waals surface area contributed by atoms with E-state index in [-0.39, 0.29) is 5.91 Å². The van der Waals surface area contributed by atoms with Gasteiger partial charge < -0.3 is 16.4 Å². The Hall–Kier alpha value is -2.25. The molecular weight excluding hydrogens is 316 g/mol. The fraction of sp³-hybridized carbons (Fsp3) is 0.500. The minimum atomic E-state index is 0.0640. The number of piperidine rings is 1. The third-order valence-corrected chi connectivity index (χ3v) is 4.80. The van der Waals surface area contributed by atoms with E-state index in [0.717, 1.165) is 24.3 Å². The van der Waals surface area contributed by atoms with Crippen molar-refractivity contribution in [2.24, 2.45) is 17.6 Å². The first-order valence-electron chi connectivity index (χ1n) is 8.88. The Bertz CT molecular complexity index is 690. The number of rotatable bonds is 6.